The highest BCUT2D eigenvalue weighted by Gasteiger charge is 2.23. The lowest BCUT2D eigenvalue weighted by molar-refractivity contribution is 0.455. The van der Waals surface area contributed by atoms with Gasteiger partial charge in [0.2, 0.25) is 0 Å². The van der Waals surface area contributed by atoms with Crippen LogP contribution in [0.25, 0.3) is 11.3 Å². The van der Waals surface area contributed by atoms with Crippen LogP contribution in [0.2, 0.25) is 0 Å². The largest absolute Gasteiger partial charge is 0.326 e. The zero-order chi connectivity index (χ0) is 12.7. The van der Waals surface area contributed by atoms with E-state index >= 15 is 0 Å². The van der Waals surface area contributed by atoms with E-state index in [0.29, 0.717) is 0 Å². The van der Waals surface area contributed by atoms with E-state index in [0.717, 1.165) is 41.1 Å². The first-order valence-electron chi connectivity index (χ1n) is 5.91. The van der Waals surface area contributed by atoms with E-state index in [9.17, 15) is 4.39 Å². The van der Waals surface area contributed by atoms with Gasteiger partial charge in [0.1, 0.15) is 5.82 Å². The number of benzene rings is 1. The lowest BCUT2D eigenvalue weighted by atomic mass is 10.0. The SMILES string of the molecule is NC1CCc2c(-c3cccc(F)c3)nc(Br)n2C1. The third-order valence-corrected chi connectivity index (χ3v) is 3.90. The lowest BCUT2D eigenvalue weighted by Gasteiger charge is -2.21. The van der Waals surface area contributed by atoms with Gasteiger partial charge in [0, 0.05) is 23.8 Å². The molecule has 0 spiro atoms. The van der Waals surface area contributed by atoms with Crippen LogP contribution >= 0.6 is 15.9 Å². The van der Waals surface area contributed by atoms with E-state index < -0.39 is 0 Å². The Morgan fingerprint density at radius 1 is 1.44 bits per heavy atom. The number of aromatic nitrogens is 2. The standard InChI is InChI=1S/C13H13BrFN3/c14-13-17-12(8-2-1-3-9(15)6-8)11-5-4-10(16)7-18(11)13/h1-3,6,10H,4-5,7,16H2. The number of rotatable bonds is 1. The summed E-state index contributed by atoms with van der Waals surface area (Å²) in [6.07, 6.45) is 1.83. The van der Waals surface area contributed by atoms with E-state index in [1.165, 1.54) is 12.1 Å². The molecule has 94 valence electrons. The summed E-state index contributed by atoms with van der Waals surface area (Å²) < 4.78 is 16.1. The summed E-state index contributed by atoms with van der Waals surface area (Å²) in [5, 5.41) is 0. The zero-order valence-corrected chi connectivity index (χ0v) is 11.3. The Balaban J connectivity index is 2.11. The van der Waals surface area contributed by atoms with Crippen molar-refractivity contribution in [2.75, 3.05) is 0 Å². The van der Waals surface area contributed by atoms with Crippen molar-refractivity contribution in [1.82, 2.24) is 9.55 Å². The molecule has 2 aromatic rings. The predicted molar refractivity (Wildman–Crippen MR) is 71.6 cm³/mol. The van der Waals surface area contributed by atoms with Crippen molar-refractivity contribution in [3.8, 4) is 11.3 Å². The van der Waals surface area contributed by atoms with Gasteiger partial charge in [0.15, 0.2) is 4.73 Å². The average Bonchev–Trinajstić information content (AvgIpc) is 2.67. The van der Waals surface area contributed by atoms with Crippen molar-refractivity contribution in [3.05, 3.63) is 40.5 Å². The molecule has 0 bridgehead atoms. The maximum absolute atomic E-state index is 13.3. The van der Waals surface area contributed by atoms with Crippen molar-refractivity contribution in [1.29, 1.82) is 0 Å². The van der Waals surface area contributed by atoms with Gasteiger partial charge in [0.25, 0.3) is 0 Å². The third kappa shape index (κ3) is 1.97. The van der Waals surface area contributed by atoms with Gasteiger partial charge in [-0.15, -0.1) is 0 Å². The Kier molecular flexibility index (Phi) is 2.95. The van der Waals surface area contributed by atoms with Crippen LogP contribution < -0.4 is 5.73 Å². The average molecular weight is 310 g/mol. The molecule has 1 unspecified atom stereocenters. The van der Waals surface area contributed by atoms with Crippen molar-refractivity contribution in [2.24, 2.45) is 5.73 Å². The fourth-order valence-electron chi connectivity index (χ4n) is 2.41. The van der Waals surface area contributed by atoms with Crippen LogP contribution in [0.1, 0.15) is 12.1 Å². The topological polar surface area (TPSA) is 43.8 Å². The van der Waals surface area contributed by atoms with E-state index in [-0.39, 0.29) is 11.9 Å². The molecule has 18 heavy (non-hydrogen) atoms. The Bertz CT molecular complexity index is 594. The fraction of sp³-hybridized carbons (Fsp3) is 0.308. The number of hydrogen-bond donors (Lipinski definition) is 1. The maximum atomic E-state index is 13.3. The Labute approximate surface area is 113 Å². The minimum Gasteiger partial charge on any atom is -0.326 e. The second-order valence-corrected chi connectivity index (χ2v) is 5.31. The molecular weight excluding hydrogens is 297 g/mol. The van der Waals surface area contributed by atoms with Gasteiger partial charge in [-0.2, -0.15) is 0 Å². The summed E-state index contributed by atoms with van der Waals surface area (Å²) in [6, 6.07) is 6.72. The molecule has 1 atom stereocenters. The summed E-state index contributed by atoms with van der Waals surface area (Å²) in [4.78, 5) is 4.50. The third-order valence-electron chi connectivity index (χ3n) is 3.29. The molecule has 5 heteroatoms. The summed E-state index contributed by atoms with van der Waals surface area (Å²) in [5.41, 5.74) is 8.77. The quantitative estimate of drug-likeness (QED) is 0.880. The Hall–Kier alpha value is -1.20. The molecule has 3 rings (SSSR count). The molecule has 2 N–H and O–H groups in total. The highest BCUT2D eigenvalue weighted by Crippen LogP contribution is 2.30. The van der Waals surface area contributed by atoms with Crippen molar-refractivity contribution in [2.45, 2.75) is 25.4 Å². The van der Waals surface area contributed by atoms with E-state index in [1.54, 1.807) is 6.07 Å². The number of nitrogens with zero attached hydrogens (tertiary/aromatic N) is 2. The molecule has 1 aliphatic rings. The summed E-state index contributed by atoms with van der Waals surface area (Å²) in [6.45, 7) is 0.762. The first kappa shape index (κ1) is 11.9. The fourth-order valence-corrected chi connectivity index (χ4v) is 2.95. The van der Waals surface area contributed by atoms with E-state index in [1.807, 2.05) is 6.07 Å². The summed E-state index contributed by atoms with van der Waals surface area (Å²) >= 11 is 3.45. The van der Waals surface area contributed by atoms with Crippen LogP contribution in [0.15, 0.2) is 29.0 Å². The van der Waals surface area contributed by atoms with Gasteiger partial charge in [-0.05, 0) is 40.9 Å². The second-order valence-electron chi connectivity index (χ2n) is 4.60. The molecule has 0 radical (unpaired) electrons. The minimum absolute atomic E-state index is 0.170. The first-order chi connectivity index (χ1) is 8.65. The van der Waals surface area contributed by atoms with Gasteiger partial charge < -0.3 is 10.3 Å². The molecule has 1 aromatic heterocycles. The lowest BCUT2D eigenvalue weighted by Crippen LogP contribution is -2.31. The summed E-state index contributed by atoms with van der Waals surface area (Å²) in [5.74, 6) is -0.238. The Morgan fingerprint density at radius 3 is 3.06 bits per heavy atom. The molecule has 3 nitrogen and oxygen atoms in total. The first-order valence-corrected chi connectivity index (χ1v) is 6.71. The van der Waals surface area contributed by atoms with Gasteiger partial charge in [0.05, 0.1) is 5.69 Å². The van der Waals surface area contributed by atoms with Crippen LogP contribution in [0.5, 0.6) is 0 Å². The molecule has 1 aromatic carbocycles. The number of nitrogens with two attached hydrogens (primary N) is 1. The number of fused-ring (bicyclic) bond motifs is 1. The molecule has 2 heterocycles. The van der Waals surface area contributed by atoms with E-state index in [4.69, 9.17) is 5.73 Å². The normalized spacial score (nSPS) is 18.7. The molecule has 0 saturated heterocycles. The molecule has 0 saturated carbocycles. The summed E-state index contributed by atoms with van der Waals surface area (Å²) in [7, 11) is 0. The number of halogens is 2. The number of imidazole rings is 1. The molecule has 0 amide bonds. The highest BCUT2D eigenvalue weighted by molar-refractivity contribution is 9.10. The number of hydrogen-bond acceptors (Lipinski definition) is 2. The van der Waals surface area contributed by atoms with E-state index in [2.05, 4.69) is 25.5 Å². The predicted octanol–water partition coefficient (Wildman–Crippen LogP) is 2.73. The smallest absolute Gasteiger partial charge is 0.177 e. The monoisotopic (exact) mass is 309 g/mol. The van der Waals surface area contributed by atoms with Crippen molar-refractivity contribution >= 4 is 15.9 Å². The maximum Gasteiger partial charge on any atom is 0.177 e. The molecular formula is C13H13BrFN3. The zero-order valence-electron chi connectivity index (χ0n) is 9.74. The Morgan fingerprint density at radius 2 is 2.28 bits per heavy atom. The minimum atomic E-state index is -0.238. The van der Waals surface area contributed by atoms with Gasteiger partial charge in [-0.3, -0.25) is 0 Å². The highest BCUT2D eigenvalue weighted by atomic mass is 79.9. The molecule has 1 aliphatic heterocycles. The second kappa shape index (κ2) is 4.48. The molecule has 0 fully saturated rings. The van der Waals surface area contributed by atoms with Crippen LogP contribution in [-0.4, -0.2) is 15.6 Å². The van der Waals surface area contributed by atoms with Crippen molar-refractivity contribution < 1.29 is 4.39 Å². The van der Waals surface area contributed by atoms with Gasteiger partial charge >= 0.3 is 0 Å². The van der Waals surface area contributed by atoms with Crippen LogP contribution in [0, 0.1) is 5.82 Å². The van der Waals surface area contributed by atoms with Crippen LogP contribution in [-0.2, 0) is 13.0 Å². The van der Waals surface area contributed by atoms with Gasteiger partial charge in [-0.25, -0.2) is 9.37 Å². The molecule has 0 aliphatic carbocycles. The van der Waals surface area contributed by atoms with Crippen LogP contribution in [0.3, 0.4) is 0 Å². The van der Waals surface area contributed by atoms with Crippen molar-refractivity contribution in [3.63, 3.8) is 0 Å². The van der Waals surface area contributed by atoms with Crippen LogP contribution in [0.4, 0.5) is 4.39 Å². The van der Waals surface area contributed by atoms with Gasteiger partial charge in [-0.1, -0.05) is 12.1 Å².